The van der Waals surface area contributed by atoms with Gasteiger partial charge in [-0.3, -0.25) is 4.79 Å². The minimum absolute atomic E-state index is 0.0531. The number of aryl methyl sites for hydroxylation is 1. The zero-order chi connectivity index (χ0) is 22.0. The number of hydrogen-bond donors (Lipinski definition) is 0. The third-order valence-corrected chi connectivity index (χ3v) is 8.07. The van der Waals surface area contributed by atoms with Crippen LogP contribution in [0.4, 0.5) is 0 Å². The number of ether oxygens (including phenoxy) is 2. The van der Waals surface area contributed by atoms with E-state index in [1.807, 2.05) is 31.2 Å². The summed E-state index contributed by atoms with van der Waals surface area (Å²) in [6.45, 7) is 3.92. The van der Waals surface area contributed by atoms with Crippen LogP contribution in [0.15, 0.2) is 53.4 Å². The number of fused-ring (bicyclic) bond motifs is 2. The molecule has 2 aromatic carbocycles. The molecule has 3 atom stereocenters. The quantitative estimate of drug-likeness (QED) is 0.641. The predicted octanol–water partition coefficient (Wildman–Crippen LogP) is 4.38. The molecule has 1 aliphatic heterocycles. The van der Waals surface area contributed by atoms with Crippen LogP contribution in [-0.2, 0) is 19.6 Å². The van der Waals surface area contributed by atoms with Crippen LogP contribution in [0.2, 0.25) is 0 Å². The van der Waals surface area contributed by atoms with E-state index in [1.54, 1.807) is 35.5 Å². The molecule has 31 heavy (non-hydrogen) atoms. The van der Waals surface area contributed by atoms with Gasteiger partial charge in [-0.05, 0) is 51.3 Å². The Bertz CT molecular complexity index is 1030. The van der Waals surface area contributed by atoms with Gasteiger partial charge < -0.3 is 9.47 Å². The Morgan fingerprint density at radius 2 is 1.81 bits per heavy atom. The average Bonchev–Trinajstić information content (AvgIpc) is 2.89. The van der Waals surface area contributed by atoms with Gasteiger partial charge in [-0.15, -0.1) is 0 Å². The van der Waals surface area contributed by atoms with Gasteiger partial charge in [-0.2, -0.15) is 4.31 Å². The fourth-order valence-corrected chi connectivity index (χ4v) is 6.50. The minimum atomic E-state index is -3.88. The molecule has 4 rings (SSSR count). The second-order valence-corrected chi connectivity index (χ2v) is 10.1. The Morgan fingerprint density at radius 3 is 2.55 bits per heavy atom. The van der Waals surface area contributed by atoms with E-state index in [0.717, 1.165) is 24.8 Å². The summed E-state index contributed by atoms with van der Waals surface area (Å²) in [4.78, 5) is 12.8. The molecule has 2 aromatic rings. The van der Waals surface area contributed by atoms with E-state index in [9.17, 15) is 13.2 Å². The topological polar surface area (TPSA) is 72.9 Å². The fourth-order valence-electron chi connectivity index (χ4n) is 4.66. The van der Waals surface area contributed by atoms with Crippen LogP contribution < -0.4 is 4.74 Å². The molecule has 166 valence electrons. The van der Waals surface area contributed by atoms with Crippen LogP contribution in [0, 0.1) is 6.92 Å². The molecule has 1 fully saturated rings. The molecule has 1 saturated carbocycles. The van der Waals surface area contributed by atoms with Gasteiger partial charge in [0.1, 0.15) is 11.9 Å². The third kappa shape index (κ3) is 4.34. The molecule has 7 heteroatoms. The number of para-hydroxylation sites is 1. The van der Waals surface area contributed by atoms with E-state index in [0.29, 0.717) is 17.7 Å². The van der Waals surface area contributed by atoms with Crippen molar-refractivity contribution >= 4 is 16.0 Å². The van der Waals surface area contributed by atoms with Crippen molar-refractivity contribution in [2.45, 2.75) is 69.0 Å². The van der Waals surface area contributed by atoms with Crippen LogP contribution in [0.5, 0.6) is 5.75 Å². The van der Waals surface area contributed by atoms with Crippen molar-refractivity contribution in [3.63, 3.8) is 0 Å². The second kappa shape index (κ2) is 9.01. The molecular formula is C24H29NO5S. The maximum Gasteiger partial charge on any atom is 0.307 e. The van der Waals surface area contributed by atoms with Crippen LogP contribution in [0.25, 0.3) is 0 Å². The number of sulfonamides is 1. The first-order valence-corrected chi connectivity index (χ1v) is 12.4. The summed E-state index contributed by atoms with van der Waals surface area (Å²) >= 11 is 0. The number of rotatable bonds is 5. The third-order valence-electron chi connectivity index (χ3n) is 6.12. The lowest BCUT2D eigenvalue weighted by Gasteiger charge is -2.39. The van der Waals surface area contributed by atoms with Crippen LogP contribution in [-0.4, -0.2) is 37.4 Å². The van der Waals surface area contributed by atoms with Crippen molar-refractivity contribution in [2.75, 3.05) is 6.61 Å². The highest BCUT2D eigenvalue weighted by Gasteiger charge is 2.47. The number of hydrogen-bond acceptors (Lipinski definition) is 5. The van der Waals surface area contributed by atoms with Gasteiger partial charge in [-0.25, -0.2) is 8.42 Å². The van der Waals surface area contributed by atoms with Gasteiger partial charge in [0.15, 0.2) is 0 Å². The number of carbonyl (C=O) groups is 1. The van der Waals surface area contributed by atoms with Crippen molar-refractivity contribution in [3.8, 4) is 5.75 Å². The molecule has 6 nitrogen and oxygen atoms in total. The summed E-state index contributed by atoms with van der Waals surface area (Å²) in [5.74, 6) is 0.232. The fraction of sp³-hybridized carbons (Fsp3) is 0.458. The lowest BCUT2D eigenvalue weighted by molar-refractivity contribution is -0.144. The van der Waals surface area contributed by atoms with Gasteiger partial charge in [0, 0.05) is 5.56 Å². The SMILES string of the molecule is CCOC(=O)C[C@@H]1c2ccccc2O[C@H]2CCCC[C@@H]2N1S(=O)(=O)c1ccc(C)cc1. The average molecular weight is 444 g/mol. The Morgan fingerprint density at radius 1 is 1.10 bits per heavy atom. The Balaban J connectivity index is 1.87. The first kappa shape index (κ1) is 21.8. The summed E-state index contributed by atoms with van der Waals surface area (Å²) in [6.07, 6.45) is 3.09. The smallest absolute Gasteiger partial charge is 0.307 e. The van der Waals surface area contributed by atoms with E-state index in [1.165, 1.54) is 0 Å². The van der Waals surface area contributed by atoms with Gasteiger partial charge in [0.05, 0.1) is 30.0 Å². The first-order chi connectivity index (χ1) is 14.9. The van der Waals surface area contributed by atoms with E-state index < -0.39 is 22.0 Å². The monoisotopic (exact) mass is 443 g/mol. The second-order valence-electron chi connectivity index (χ2n) is 8.22. The molecule has 0 unspecified atom stereocenters. The van der Waals surface area contributed by atoms with Crippen LogP contribution in [0.1, 0.15) is 56.2 Å². The highest BCUT2D eigenvalue weighted by molar-refractivity contribution is 7.89. The van der Waals surface area contributed by atoms with Crippen molar-refractivity contribution in [1.29, 1.82) is 0 Å². The maximum atomic E-state index is 14.0. The van der Waals surface area contributed by atoms with Crippen LogP contribution >= 0.6 is 0 Å². The van der Waals surface area contributed by atoms with Gasteiger partial charge in [0.2, 0.25) is 10.0 Å². The van der Waals surface area contributed by atoms with E-state index in [2.05, 4.69) is 0 Å². The first-order valence-electron chi connectivity index (χ1n) is 10.9. The highest BCUT2D eigenvalue weighted by Crippen LogP contribution is 2.44. The number of benzene rings is 2. The predicted molar refractivity (Wildman–Crippen MR) is 117 cm³/mol. The molecule has 2 aliphatic rings. The molecule has 0 N–H and O–H groups in total. The molecule has 0 aromatic heterocycles. The van der Waals surface area contributed by atoms with Gasteiger partial charge >= 0.3 is 5.97 Å². The number of nitrogens with zero attached hydrogens (tertiary/aromatic N) is 1. The standard InChI is InChI=1S/C24H29NO5S/c1-3-29-24(26)16-21-19-8-4-6-10-22(19)30-23-11-7-5-9-20(23)25(21)31(27,28)18-14-12-17(2)13-15-18/h4,6,8,10,12-15,20-21,23H,3,5,7,9,11,16H2,1-2H3/t20-,21+,23-/m0/s1. The summed E-state index contributed by atoms with van der Waals surface area (Å²) < 4.78 is 41.1. The van der Waals surface area contributed by atoms with Crippen molar-refractivity contribution in [1.82, 2.24) is 4.31 Å². The van der Waals surface area contributed by atoms with Crippen LogP contribution in [0.3, 0.4) is 0 Å². The largest absolute Gasteiger partial charge is 0.488 e. The normalized spacial score (nSPS) is 23.7. The number of esters is 1. The van der Waals surface area contributed by atoms with E-state index in [4.69, 9.17) is 9.47 Å². The summed E-state index contributed by atoms with van der Waals surface area (Å²) in [6, 6.07) is 13.3. The van der Waals surface area contributed by atoms with Gasteiger partial charge in [0.25, 0.3) is 0 Å². The number of carbonyl (C=O) groups excluding carboxylic acids is 1. The Hall–Kier alpha value is -2.38. The minimum Gasteiger partial charge on any atom is -0.488 e. The summed E-state index contributed by atoms with van der Waals surface area (Å²) in [5.41, 5.74) is 1.70. The maximum absolute atomic E-state index is 14.0. The Kier molecular flexibility index (Phi) is 6.34. The summed E-state index contributed by atoms with van der Waals surface area (Å²) in [7, 11) is -3.88. The van der Waals surface area contributed by atoms with Gasteiger partial charge in [-0.1, -0.05) is 42.3 Å². The van der Waals surface area contributed by atoms with Crippen molar-refractivity contribution in [2.24, 2.45) is 0 Å². The van der Waals surface area contributed by atoms with Crippen molar-refractivity contribution in [3.05, 3.63) is 59.7 Å². The molecule has 1 aliphatic carbocycles. The summed E-state index contributed by atoms with van der Waals surface area (Å²) in [5, 5.41) is 0. The molecule has 0 saturated heterocycles. The molecule has 1 heterocycles. The molecule has 0 spiro atoms. The lowest BCUT2D eigenvalue weighted by atomic mass is 9.91. The molecule has 0 bridgehead atoms. The molecule has 0 radical (unpaired) electrons. The van der Waals surface area contributed by atoms with E-state index in [-0.39, 0.29) is 30.1 Å². The molecule has 0 amide bonds. The zero-order valence-electron chi connectivity index (χ0n) is 18.0. The van der Waals surface area contributed by atoms with E-state index >= 15 is 0 Å². The lowest BCUT2D eigenvalue weighted by Crippen LogP contribution is -2.50. The Labute approximate surface area is 184 Å². The van der Waals surface area contributed by atoms with Crippen molar-refractivity contribution < 1.29 is 22.7 Å². The molecular weight excluding hydrogens is 414 g/mol. The zero-order valence-corrected chi connectivity index (χ0v) is 18.8. The highest BCUT2D eigenvalue weighted by atomic mass is 32.2.